The molecule has 0 heterocycles. The van der Waals surface area contributed by atoms with E-state index in [0.29, 0.717) is 7.18 Å². The van der Waals surface area contributed by atoms with Crippen LogP contribution in [0, 0.1) is 0 Å². The zero-order valence-corrected chi connectivity index (χ0v) is 13.1. The molecule has 1 radical (unpaired) electrons. The van der Waals surface area contributed by atoms with E-state index in [1.807, 2.05) is 0 Å². The average Bonchev–Trinajstić information content (AvgIpc) is 2.16. The van der Waals surface area contributed by atoms with Crippen molar-refractivity contribution in [2.75, 3.05) is 20.4 Å². The van der Waals surface area contributed by atoms with E-state index >= 15 is 0 Å². The van der Waals surface area contributed by atoms with E-state index in [1.54, 1.807) is 0 Å². The van der Waals surface area contributed by atoms with Crippen LogP contribution in [0.3, 0.4) is 0 Å². The summed E-state index contributed by atoms with van der Waals surface area (Å²) in [5.41, 5.74) is 0. The normalized spacial score (nSPS) is 13.2. The number of alkyl halides is 9. The number of ether oxygens (including phenoxy) is 1. The second-order valence-electron chi connectivity index (χ2n) is 3.33. The molecular formula is C8H11F9O2Y. The van der Waals surface area contributed by atoms with Crippen molar-refractivity contribution in [3.63, 3.8) is 0 Å². The fourth-order valence-corrected chi connectivity index (χ4v) is 0.521. The Morgan fingerprint density at radius 2 is 1.10 bits per heavy atom. The van der Waals surface area contributed by atoms with E-state index < -0.39 is 37.1 Å². The minimum atomic E-state index is -5.49. The average molecular weight is 399 g/mol. The predicted octanol–water partition coefficient (Wildman–Crippen LogP) is 3.10. The van der Waals surface area contributed by atoms with Crippen LogP contribution < -0.4 is 0 Å². The number of hydrogen-bond donors (Lipinski definition) is 1. The van der Waals surface area contributed by atoms with E-state index in [0.717, 1.165) is 0 Å². The van der Waals surface area contributed by atoms with Crippen molar-refractivity contribution < 1.29 is 82.1 Å². The Labute approximate surface area is 133 Å². The van der Waals surface area contributed by atoms with Gasteiger partial charge in [-0.2, -0.15) is 26.3 Å². The molecule has 0 aromatic heterocycles. The third-order valence-electron chi connectivity index (χ3n) is 1.65. The Morgan fingerprint density at radius 3 is 1.35 bits per heavy atom. The maximum Gasteiger partial charge on any atom is 0.419 e. The molecule has 0 saturated carbocycles. The van der Waals surface area contributed by atoms with Gasteiger partial charge in [0.25, 0.3) is 0 Å². The first kappa shape index (κ1) is 25.4. The third kappa shape index (κ3) is 7.99. The monoisotopic (exact) mass is 399 g/mol. The van der Waals surface area contributed by atoms with Crippen molar-refractivity contribution in [1.29, 1.82) is 0 Å². The molecule has 1 N–H and O–H groups in total. The minimum absolute atomic E-state index is 0. The van der Waals surface area contributed by atoms with Gasteiger partial charge < -0.3 is 9.84 Å². The molecular weight excluding hydrogens is 388 g/mol. The van der Waals surface area contributed by atoms with Crippen LogP contribution in [-0.4, -0.2) is 49.4 Å². The van der Waals surface area contributed by atoms with Crippen molar-refractivity contribution in [3.8, 4) is 0 Å². The van der Waals surface area contributed by atoms with Crippen LogP contribution in [0.2, 0.25) is 0 Å². The van der Waals surface area contributed by atoms with Gasteiger partial charge in [0.15, 0.2) is 0 Å². The van der Waals surface area contributed by atoms with Crippen LogP contribution in [0.4, 0.5) is 39.5 Å². The van der Waals surface area contributed by atoms with E-state index in [4.69, 9.17) is 5.11 Å². The summed E-state index contributed by atoms with van der Waals surface area (Å²) in [6.07, 6.45) is -5.49. The largest absolute Gasteiger partial charge is 0.419 e. The molecule has 0 spiro atoms. The quantitative estimate of drug-likeness (QED) is 0.696. The van der Waals surface area contributed by atoms with Gasteiger partial charge in [-0.1, -0.05) is 0 Å². The van der Waals surface area contributed by atoms with Crippen LogP contribution >= 0.6 is 0 Å². The van der Waals surface area contributed by atoms with Gasteiger partial charge in [0, 0.05) is 39.6 Å². The number of hydrogen-bond acceptors (Lipinski definition) is 2. The maximum absolute atomic E-state index is 12.4. The smallest absolute Gasteiger partial charge is 0.368 e. The minimum Gasteiger partial charge on any atom is -0.368 e. The van der Waals surface area contributed by atoms with Crippen molar-refractivity contribution in [2.24, 2.45) is 0 Å². The van der Waals surface area contributed by atoms with Gasteiger partial charge in [0.05, 0.1) is 7.18 Å². The topological polar surface area (TPSA) is 29.5 Å². The summed E-state index contributed by atoms with van der Waals surface area (Å²) in [5, 5.41) is 7.64. The standard InChI is InChI=1S/C7H8F8O2.CH3F.Y/c1-4(8,9)5(10,11)2-17-3-6(12,13)7(14,15)16;1-2;/h16H,2-3H2,1H3;1H3;. The zero-order chi connectivity index (χ0) is 16.1. The molecule has 0 aliphatic carbocycles. The van der Waals surface area contributed by atoms with Gasteiger partial charge in [-0.05, 0) is 0 Å². The molecule has 0 bridgehead atoms. The van der Waals surface area contributed by atoms with Crippen LogP contribution in [0.25, 0.3) is 0 Å². The first-order valence-electron chi connectivity index (χ1n) is 4.40. The van der Waals surface area contributed by atoms with Crippen molar-refractivity contribution in [1.82, 2.24) is 0 Å². The first-order valence-corrected chi connectivity index (χ1v) is 4.40. The number of rotatable bonds is 6. The SMILES string of the molecule is CC(F)(F)C(F)(F)COCC(F)(F)C(O)(F)F.CF.[Y]. The van der Waals surface area contributed by atoms with E-state index in [-0.39, 0.29) is 39.6 Å². The molecule has 0 fully saturated rings. The van der Waals surface area contributed by atoms with Crippen molar-refractivity contribution >= 4 is 0 Å². The molecule has 0 atom stereocenters. The summed E-state index contributed by atoms with van der Waals surface area (Å²) in [6, 6.07) is 0. The van der Waals surface area contributed by atoms with Crippen LogP contribution in [0.15, 0.2) is 0 Å². The Bertz CT molecular complexity index is 236. The first-order chi connectivity index (χ1) is 8.21. The molecule has 0 unspecified atom stereocenters. The third-order valence-corrected chi connectivity index (χ3v) is 1.65. The van der Waals surface area contributed by atoms with Gasteiger partial charge in [0.1, 0.15) is 13.2 Å². The summed E-state index contributed by atoms with van der Waals surface area (Å²) in [5.74, 6) is -14.5. The maximum atomic E-state index is 12.4. The van der Waals surface area contributed by atoms with Gasteiger partial charge in [0.2, 0.25) is 0 Å². The summed E-state index contributed by atoms with van der Waals surface area (Å²) in [6.45, 7) is -4.68. The molecule has 0 rings (SSSR count). The molecule has 20 heavy (non-hydrogen) atoms. The molecule has 0 saturated heterocycles. The Morgan fingerprint density at radius 1 is 0.800 bits per heavy atom. The van der Waals surface area contributed by atoms with Gasteiger partial charge in [-0.3, -0.25) is 4.39 Å². The second-order valence-corrected chi connectivity index (χ2v) is 3.33. The molecule has 0 aromatic rings. The van der Waals surface area contributed by atoms with Crippen LogP contribution in [-0.2, 0) is 37.4 Å². The van der Waals surface area contributed by atoms with Gasteiger partial charge in [-0.15, -0.1) is 0 Å². The molecule has 12 heteroatoms. The van der Waals surface area contributed by atoms with E-state index in [1.165, 1.54) is 0 Å². The number of aliphatic hydroxyl groups is 1. The molecule has 0 aliphatic rings. The molecule has 0 aliphatic heterocycles. The Hall–Kier alpha value is 0.394. The van der Waals surface area contributed by atoms with Crippen LogP contribution in [0.1, 0.15) is 6.92 Å². The van der Waals surface area contributed by atoms with Gasteiger partial charge >= 0.3 is 23.9 Å². The summed E-state index contributed by atoms with van der Waals surface area (Å²) in [7, 11) is 0.500. The molecule has 0 amide bonds. The van der Waals surface area contributed by atoms with Crippen molar-refractivity contribution in [3.05, 3.63) is 0 Å². The van der Waals surface area contributed by atoms with E-state index in [2.05, 4.69) is 4.74 Å². The van der Waals surface area contributed by atoms with Crippen LogP contribution in [0.5, 0.6) is 0 Å². The molecule has 0 aromatic carbocycles. The number of halogens is 9. The predicted molar refractivity (Wildman–Crippen MR) is 45.5 cm³/mol. The fraction of sp³-hybridized carbons (Fsp3) is 1.00. The fourth-order valence-electron chi connectivity index (χ4n) is 0.521. The Kier molecular flexibility index (Phi) is 11.1. The summed E-state index contributed by atoms with van der Waals surface area (Å²) < 4.78 is 110. The Balaban J connectivity index is -0.000000916. The van der Waals surface area contributed by atoms with Gasteiger partial charge in [-0.25, -0.2) is 8.78 Å². The molecule has 2 nitrogen and oxygen atoms in total. The molecule has 121 valence electrons. The summed E-state index contributed by atoms with van der Waals surface area (Å²) in [4.78, 5) is 0. The second kappa shape index (κ2) is 8.74. The van der Waals surface area contributed by atoms with Crippen molar-refractivity contribution in [2.45, 2.75) is 30.8 Å². The van der Waals surface area contributed by atoms with E-state index in [9.17, 15) is 39.5 Å². The zero-order valence-electron chi connectivity index (χ0n) is 10.2. The summed E-state index contributed by atoms with van der Waals surface area (Å²) >= 11 is 0.